The second kappa shape index (κ2) is 7.75. The molecule has 0 spiro atoms. The van der Waals surface area contributed by atoms with Crippen LogP contribution >= 0.6 is 11.6 Å². The van der Waals surface area contributed by atoms with Crippen LogP contribution in [0.25, 0.3) is 0 Å². The van der Waals surface area contributed by atoms with E-state index in [2.05, 4.69) is 34.4 Å². The van der Waals surface area contributed by atoms with E-state index in [0.29, 0.717) is 22.4 Å². The summed E-state index contributed by atoms with van der Waals surface area (Å²) in [7, 11) is 0. The average Bonchev–Trinajstić information content (AvgIpc) is 2.50. The molecule has 1 aromatic heterocycles. The number of carbonyl (C=O) groups excluding carboxylic acids is 1. The third kappa shape index (κ3) is 5.00. The third-order valence-corrected chi connectivity index (χ3v) is 3.27. The first-order valence-corrected chi connectivity index (χ1v) is 7.55. The summed E-state index contributed by atoms with van der Waals surface area (Å²) >= 11 is 5.80. The molecule has 2 N–H and O–H groups in total. The Labute approximate surface area is 135 Å². The monoisotopic (exact) mass is 318 g/mol. The number of rotatable bonds is 6. The number of halogens is 1. The zero-order valence-electron chi connectivity index (χ0n) is 12.6. The van der Waals surface area contributed by atoms with Gasteiger partial charge in [-0.15, -0.1) is 0 Å². The van der Waals surface area contributed by atoms with E-state index in [9.17, 15) is 4.79 Å². The molecular weight excluding hydrogens is 300 g/mol. The molecule has 0 saturated heterocycles. The van der Waals surface area contributed by atoms with E-state index in [4.69, 9.17) is 11.6 Å². The topological polar surface area (TPSA) is 66.9 Å². The third-order valence-electron chi connectivity index (χ3n) is 3.01. The van der Waals surface area contributed by atoms with Crippen molar-refractivity contribution in [2.24, 2.45) is 5.92 Å². The molecule has 1 heterocycles. The van der Waals surface area contributed by atoms with Gasteiger partial charge in [0.2, 0.25) is 0 Å². The number of anilines is 2. The summed E-state index contributed by atoms with van der Waals surface area (Å²) in [6.07, 6.45) is 4.08. The fourth-order valence-corrected chi connectivity index (χ4v) is 1.88. The number of hydrogen-bond acceptors (Lipinski definition) is 4. The van der Waals surface area contributed by atoms with Crippen molar-refractivity contribution in [2.45, 2.75) is 20.3 Å². The van der Waals surface area contributed by atoms with Gasteiger partial charge in [0.15, 0.2) is 0 Å². The summed E-state index contributed by atoms with van der Waals surface area (Å²) in [4.78, 5) is 20.4. The Bertz CT molecular complexity index is 611. The number of aromatic nitrogens is 2. The molecule has 6 heteroatoms. The van der Waals surface area contributed by atoms with Gasteiger partial charge in [0, 0.05) is 17.3 Å². The lowest BCUT2D eigenvalue weighted by Crippen LogP contribution is -2.14. The predicted octanol–water partition coefficient (Wildman–Crippen LogP) is 3.84. The summed E-state index contributed by atoms with van der Waals surface area (Å²) in [5.41, 5.74) is 0.930. The highest BCUT2D eigenvalue weighted by atomic mass is 35.5. The fraction of sp³-hybridized carbons (Fsp3) is 0.312. The van der Waals surface area contributed by atoms with Crippen LogP contribution in [0.1, 0.15) is 30.8 Å². The maximum Gasteiger partial charge on any atom is 0.275 e. The number of benzene rings is 1. The Morgan fingerprint density at radius 1 is 1.18 bits per heavy atom. The van der Waals surface area contributed by atoms with Crippen molar-refractivity contribution in [1.82, 2.24) is 9.97 Å². The zero-order chi connectivity index (χ0) is 15.9. The lowest BCUT2D eigenvalue weighted by molar-refractivity contribution is 0.102. The molecule has 0 radical (unpaired) electrons. The number of hydrogen-bond donors (Lipinski definition) is 2. The minimum absolute atomic E-state index is 0.268. The van der Waals surface area contributed by atoms with Crippen LogP contribution in [0.3, 0.4) is 0 Å². The van der Waals surface area contributed by atoms with Crippen molar-refractivity contribution >= 4 is 29.0 Å². The largest absolute Gasteiger partial charge is 0.369 e. The van der Waals surface area contributed by atoms with E-state index in [1.54, 1.807) is 30.5 Å². The molecule has 0 unspecified atom stereocenters. The van der Waals surface area contributed by atoms with Gasteiger partial charge in [-0.1, -0.05) is 25.4 Å². The van der Waals surface area contributed by atoms with Crippen LogP contribution in [0.5, 0.6) is 0 Å². The van der Waals surface area contributed by atoms with Crippen LogP contribution in [0.2, 0.25) is 5.02 Å². The fourth-order valence-electron chi connectivity index (χ4n) is 1.75. The van der Waals surface area contributed by atoms with Gasteiger partial charge in [0.05, 0.1) is 12.4 Å². The highest BCUT2D eigenvalue weighted by molar-refractivity contribution is 6.30. The quantitative estimate of drug-likeness (QED) is 0.849. The molecule has 0 fully saturated rings. The summed E-state index contributed by atoms with van der Waals surface area (Å²) < 4.78 is 0. The molecule has 2 rings (SSSR count). The average molecular weight is 319 g/mol. The Morgan fingerprint density at radius 3 is 2.50 bits per heavy atom. The summed E-state index contributed by atoms with van der Waals surface area (Å²) in [5, 5.41) is 6.54. The zero-order valence-corrected chi connectivity index (χ0v) is 13.4. The Morgan fingerprint density at radius 2 is 1.91 bits per heavy atom. The van der Waals surface area contributed by atoms with Crippen LogP contribution in [0, 0.1) is 5.92 Å². The molecule has 0 aliphatic rings. The molecule has 116 valence electrons. The molecule has 0 aliphatic heterocycles. The van der Waals surface area contributed by atoms with Crippen molar-refractivity contribution in [1.29, 1.82) is 0 Å². The maximum absolute atomic E-state index is 12.0. The van der Waals surface area contributed by atoms with Gasteiger partial charge in [-0.3, -0.25) is 4.79 Å². The normalized spacial score (nSPS) is 10.5. The van der Waals surface area contributed by atoms with Gasteiger partial charge in [-0.05, 0) is 36.6 Å². The van der Waals surface area contributed by atoms with Gasteiger partial charge in [0.25, 0.3) is 5.91 Å². The maximum atomic E-state index is 12.0. The lowest BCUT2D eigenvalue weighted by atomic mass is 10.1. The molecular formula is C16H19ClN4O. The highest BCUT2D eigenvalue weighted by Gasteiger charge is 2.08. The van der Waals surface area contributed by atoms with Crippen LogP contribution in [-0.2, 0) is 0 Å². The highest BCUT2D eigenvalue weighted by Crippen LogP contribution is 2.14. The molecule has 5 nitrogen and oxygen atoms in total. The Balaban J connectivity index is 1.91. The number of amides is 1. The SMILES string of the molecule is CC(C)CCNc1cnc(C(=O)Nc2ccc(Cl)cc2)cn1. The van der Waals surface area contributed by atoms with E-state index < -0.39 is 0 Å². The number of nitrogens with one attached hydrogen (secondary N) is 2. The minimum Gasteiger partial charge on any atom is -0.369 e. The molecule has 0 bridgehead atoms. The van der Waals surface area contributed by atoms with Crippen molar-refractivity contribution in [3.8, 4) is 0 Å². The lowest BCUT2D eigenvalue weighted by Gasteiger charge is -2.08. The van der Waals surface area contributed by atoms with Crippen LogP contribution in [0.15, 0.2) is 36.7 Å². The second-order valence-corrected chi connectivity index (χ2v) is 5.79. The van der Waals surface area contributed by atoms with E-state index in [0.717, 1.165) is 13.0 Å². The van der Waals surface area contributed by atoms with E-state index in [-0.39, 0.29) is 11.6 Å². The van der Waals surface area contributed by atoms with Gasteiger partial charge in [0.1, 0.15) is 11.5 Å². The summed E-state index contributed by atoms with van der Waals surface area (Å²) in [6, 6.07) is 6.89. The number of nitrogens with zero attached hydrogens (tertiary/aromatic N) is 2. The first-order valence-electron chi connectivity index (χ1n) is 7.17. The minimum atomic E-state index is -0.302. The van der Waals surface area contributed by atoms with Gasteiger partial charge < -0.3 is 10.6 Å². The predicted molar refractivity (Wildman–Crippen MR) is 89.4 cm³/mol. The molecule has 0 atom stereocenters. The van der Waals surface area contributed by atoms with Crippen molar-refractivity contribution in [2.75, 3.05) is 17.2 Å². The molecule has 0 saturated carbocycles. The first kappa shape index (κ1) is 16.2. The molecule has 1 aromatic carbocycles. The van der Waals surface area contributed by atoms with E-state index >= 15 is 0 Å². The van der Waals surface area contributed by atoms with Gasteiger partial charge in [-0.25, -0.2) is 9.97 Å². The Kier molecular flexibility index (Phi) is 5.72. The van der Waals surface area contributed by atoms with Crippen molar-refractivity contribution in [3.05, 3.63) is 47.4 Å². The number of carbonyl (C=O) groups is 1. The molecule has 0 aliphatic carbocycles. The van der Waals surface area contributed by atoms with Gasteiger partial charge >= 0.3 is 0 Å². The molecule has 22 heavy (non-hydrogen) atoms. The van der Waals surface area contributed by atoms with Gasteiger partial charge in [-0.2, -0.15) is 0 Å². The molecule has 2 aromatic rings. The molecule has 1 amide bonds. The summed E-state index contributed by atoms with van der Waals surface area (Å²) in [6.45, 7) is 5.16. The van der Waals surface area contributed by atoms with E-state index in [1.165, 1.54) is 6.20 Å². The smallest absolute Gasteiger partial charge is 0.275 e. The summed E-state index contributed by atoms with van der Waals surface area (Å²) in [5.74, 6) is 0.997. The Hall–Kier alpha value is -2.14. The van der Waals surface area contributed by atoms with E-state index in [1.807, 2.05) is 0 Å². The van der Waals surface area contributed by atoms with Crippen LogP contribution < -0.4 is 10.6 Å². The standard InChI is InChI=1S/C16H19ClN4O/c1-11(2)7-8-18-15-10-19-14(9-20-15)16(22)21-13-5-3-12(17)4-6-13/h3-6,9-11H,7-8H2,1-2H3,(H,18,20)(H,21,22). The van der Waals surface area contributed by atoms with Crippen LogP contribution in [-0.4, -0.2) is 22.4 Å². The van der Waals surface area contributed by atoms with Crippen molar-refractivity contribution in [3.63, 3.8) is 0 Å². The van der Waals surface area contributed by atoms with Crippen molar-refractivity contribution < 1.29 is 4.79 Å². The second-order valence-electron chi connectivity index (χ2n) is 5.36. The van der Waals surface area contributed by atoms with Crippen LogP contribution in [0.4, 0.5) is 11.5 Å². The first-order chi connectivity index (χ1) is 10.5.